The van der Waals surface area contributed by atoms with Crippen LogP contribution in [0.2, 0.25) is 0 Å². The molecule has 0 atom stereocenters. The summed E-state index contributed by atoms with van der Waals surface area (Å²) in [5.74, 6) is 1.33. The van der Waals surface area contributed by atoms with E-state index in [1.807, 2.05) is 25.6 Å². The van der Waals surface area contributed by atoms with E-state index in [-0.39, 0.29) is 5.41 Å². The molecule has 21 heavy (non-hydrogen) atoms. The number of nitrogens with two attached hydrogens (primary N) is 1. The number of nitrogens with zero attached hydrogens (tertiary/aromatic N) is 1. The van der Waals surface area contributed by atoms with Crippen LogP contribution in [0.5, 0.6) is 0 Å². The lowest BCUT2D eigenvalue weighted by Gasteiger charge is -2.22. The highest BCUT2D eigenvalue weighted by atomic mass is 32.2. The van der Waals surface area contributed by atoms with Gasteiger partial charge in [-0.1, -0.05) is 49.3 Å². The summed E-state index contributed by atoms with van der Waals surface area (Å²) in [6, 6.07) is 15.0. The molecule has 0 fully saturated rings. The van der Waals surface area contributed by atoms with Crippen LogP contribution in [0.15, 0.2) is 52.5 Å². The number of hydrogen-bond acceptors (Lipinski definition) is 3. The Morgan fingerprint density at radius 1 is 1.19 bits per heavy atom. The number of oxime groups is 1. The summed E-state index contributed by atoms with van der Waals surface area (Å²) < 4.78 is 0. The van der Waals surface area contributed by atoms with Crippen LogP contribution in [0.1, 0.15) is 26.7 Å². The highest BCUT2D eigenvalue weighted by molar-refractivity contribution is 7.99. The third kappa shape index (κ3) is 4.14. The van der Waals surface area contributed by atoms with Gasteiger partial charge in [0.05, 0.1) is 0 Å². The van der Waals surface area contributed by atoms with E-state index in [1.54, 1.807) is 0 Å². The van der Waals surface area contributed by atoms with E-state index in [2.05, 4.69) is 47.6 Å². The molecule has 4 heteroatoms. The van der Waals surface area contributed by atoms with Crippen LogP contribution in [0, 0.1) is 5.41 Å². The van der Waals surface area contributed by atoms with E-state index in [0.29, 0.717) is 5.84 Å². The van der Waals surface area contributed by atoms with Crippen LogP contribution >= 0.6 is 11.8 Å². The van der Waals surface area contributed by atoms with Gasteiger partial charge in [0.15, 0.2) is 0 Å². The van der Waals surface area contributed by atoms with Crippen molar-refractivity contribution in [1.29, 1.82) is 0 Å². The second kappa shape index (κ2) is 6.85. The van der Waals surface area contributed by atoms with Crippen LogP contribution < -0.4 is 5.73 Å². The number of rotatable bonds is 6. The first kappa shape index (κ1) is 15.7. The lowest BCUT2D eigenvalue weighted by Crippen LogP contribution is -2.31. The number of benzene rings is 2. The smallest absolute Gasteiger partial charge is 0.144 e. The van der Waals surface area contributed by atoms with Gasteiger partial charge in [-0.25, -0.2) is 0 Å². The zero-order valence-corrected chi connectivity index (χ0v) is 13.4. The Morgan fingerprint density at radius 3 is 2.62 bits per heavy atom. The Bertz CT molecular complexity index is 637. The Hall–Kier alpha value is -1.68. The predicted molar refractivity (Wildman–Crippen MR) is 91.1 cm³/mol. The molecular weight excluding hydrogens is 280 g/mol. The Kier molecular flexibility index (Phi) is 5.12. The minimum absolute atomic E-state index is 0.251. The number of fused-ring (bicyclic) bond motifs is 1. The second-order valence-electron chi connectivity index (χ2n) is 5.83. The quantitative estimate of drug-likeness (QED) is 0.206. The van der Waals surface area contributed by atoms with Crippen molar-refractivity contribution in [3.63, 3.8) is 0 Å². The largest absolute Gasteiger partial charge is 0.409 e. The van der Waals surface area contributed by atoms with Crippen LogP contribution in [-0.2, 0) is 0 Å². The molecule has 0 heterocycles. The van der Waals surface area contributed by atoms with Gasteiger partial charge < -0.3 is 10.9 Å². The average Bonchev–Trinajstić information content (AvgIpc) is 2.50. The van der Waals surface area contributed by atoms with Crippen molar-refractivity contribution in [1.82, 2.24) is 0 Å². The normalized spacial score (nSPS) is 12.8. The van der Waals surface area contributed by atoms with Gasteiger partial charge in [-0.2, -0.15) is 0 Å². The van der Waals surface area contributed by atoms with Crippen molar-refractivity contribution in [2.24, 2.45) is 16.3 Å². The highest BCUT2D eigenvalue weighted by Crippen LogP contribution is 2.27. The molecular formula is C17H22N2OS. The fourth-order valence-electron chi connectivity index (χ4n) is 2.22. The molecule has 0 aliphatic carbocycles. The van der Waals surface area contributed by atoms with Gasteiger partial charge >= 0.3 is 0 Å². The highest BCUT2D eigenvalue weighted by Gasteiger charge is 2.22. The molecule has 0 bridgehead atoms. The summed E-state index contributed by atoms with van der Waals surface area (Å²) in [4.78, 5) is 1.29. The summed E-state index contributed by atoms with van der Waals surface area (Å²) in [6.45, 7) is 4.01. The van der Waals surface area contributed by atoms with Crippen LogP contribution in [0.3, 0.4) is 0 Å². The van der Waals surface area contributed by atoms with Gasteiger partial charge in [0.25, 0.3) is 0 Å². The molecule has 3 nitrogen and oxygen atoms in total. The topological polar surface area (TPSA) is 58.6 Å². The lowest BCUT2D eigenvalue weighted by molar-refractivity contribution is 0.305. The maximum absolute atomic E-state index is 8.76. The Labute approximate surface area is 130 Å². The fourth-order valence-corrected chi connectivity index (χ4v) is 3.12. The Balaban J connectivity index is 1.88. The monoisotopic (exact) mass is 302 g/mol. The molecule has 2 rings (SSSR count). The predicted octanol–water partition coefficient (Wildman–Crippen LogP) is 4.48. The summed E-state index contributed by atoms with van der Waals surface area (Å²) in [6.07, 6.45) is 1.93. The Morgan fingerprint density at radius 2 is 1.90 bits per heavy atom. The maximum atomic E-state index is 8.76. The van der Waals surface area contributed by atoms with Crippen molar-refractivity contribution >= 4 is 28.4 Å². The average molecular weight is 302 g/mol. The fraction of sp³-hybridized carbons (Fsp3) is 0.353. The van der Waals surface area contributed by atoms with Crippen LogP contribution in [-0.4, -0.2) is 16.8 Å². The molecule has 0 unspecified atom stereocenters. The molecule has 0 spiro atoms. The van der Waals surface area contributed by atoms with Crippen LogP contribution in [0.4, 0.5) is 0 Å². The third-order valence-corrected chi connectivity index (χ3v) is 4.82. The summed E-state index contributed by atoms with van der Waals surface area (Å²) >= 11 is 1.85. The summed E-state index contributed by atoms with van der Waals surface area (Å²) in [5.41, 5.74) is 5.45. The van der Waals surface area contributed by atoms with E-state index in [1.165, 1.54) is 15.7 Å². The second-order valence-corrected chi connectivity index (χ2v) is 7.00. The van der Waals surface area contributed by atoms with Crippen LogP contribution in [0.25, 0.3) is 10.8 Å². The number of amidine groups is 1. The molecule has 0 aromatic heterocycles. The van der Waals surface area contributed by atoms with Gasteiger partial charge in [0.2, 0.25) is 0 Å². The number of hydrogen-bond donors (Lipinski definition) is 2. The molecule has 0 radical (unpaired) electrons. The van der Waals surface area contributed by atoms with Gasteiger partial charge in [0, 0.05) is 10.3 Å². The molecule has 0 saturated heterocycles. The molecule has 0 aliphatic rings. The van der Waals surface area contributed by atoms with Crippen molar-refractivity contribution in [3.8, 4) is 0 Å². The number of thioether (sulfide) groups is 1. The van der Waals surface area contributed by atoms with Gasteiger partial charge in [-0.3, -0.25) is 0 Å². The van der Waals surface area contributed by atoms with E-state index in [0.717, 1.165) is 18.6 Å². The third-order valence-electron chi connectivity index (χ3n) is 3.74. The van der Waals surface area contributed by atoms with Crippen molar-refractivity contribution in [2.75, 3.05) is 5.75 Å². The SMILES string of the molecule is CC(C)(CCCSc1ccc2ccccc2c1)C(N)=NO. The minimum atomic E-state index is -0.251. The summed E-state index contributed by atoms with van der Waals surface area (Å²) in [7, 11) is 0. The molecule has 0 aliphatic heterocycles. The molecule has 0 amide bonds. The standard InChI is InChI=1S/C17H22N2OS/c1-17(2,16(18)19-20)10-5-11-21-15-9-8-13-6-3-4-7-14(13)12-15/h3-4,6-9,12,20H,5,10-11H2,1-2H3,(H2,18,19). The first-order chi connectivity index (χ1) is 10.0. The van der Waals surface area contributed by atoms with Crippen molar-refractivity contribution in [3.05, 3.63) is 42.5 Å². The first-order valence-electron chi connectivity index (χ1n) is 7.12. The molecule has 112 valence electrons. The van der Waals surface area contributed by atoms with Crippen molar-refractivity contribution in [2.45, 2.75) is 31.6 Å². The van der Waals surface area contributed by atoms with Gasteiger partial charge in [0.1, 0.15) is 5.84 Å². The summed E-state index contributed by atoms with van der Waals surface area (Å²) in [5, 5.41) is 14.4. The zero-order valence-electron chi connectivity index (χ0n) is 12.5. The minimum Gasteiger partial charge on any atom is -0.409 e. The van der Waals surface area contributed by atoms with E-state index in [4.69, 9.17) is 10.9 Å². The lowest BCUT2D eigenvalue weighted by atomic mass is 9.87. The van der Waals surface area contributed by atoms with Gasteiger partial charge in [-0.15, -0.1) is 11.8 Å². The maximum Gasteiger partial charge on any atom is 0.144 e. The van der Waals surface area contributed by atoms with E-state index < -0.39 is 0 Å². The first-order valence-corrected chi connectivity index (χ1v) is 8.11. The molecule has 2 aromatic carbocycles. The van der Waals surface area contributed by atoms with E-state index in [9.17, 15) is 0 Å². The molecule has 0 saturated carbocycles. The van der Waals surface area contributed by atoms with Gasteiger partial charge in [-0.05, 0) is 41.5 Å². The zero-order chi connectivity index (χ0) is 15.3. The van der Waals surface area contributed by atoms with Crippen molar-refractivity contribution < 1.29 is 5.21 Å². The molecule has 3 N–H and O–H groups in total. The van der Waals surface area contributed by atoms with E-state index >= 15 is 0 Å². The molecule has 2 aromatic rings.